The fourth-order valence-corrected chi connectivity index (χ4v) is 4.71. The molecule has 1 aliphatic carbocycles. The molecule has 4 rings (SSSR count). The second-order valence-electron chi connectivity index (χ2n) is 7.04. The number of aryl methyl sites for hydroxylation is 1. The highest BCUT2D eigenvalue weighted by Gasteiger charge is 2.23. The lowest BCUT2D eigenvalue weighted by atomic mass is 9.95. The first-order valence-corrected chi connectivity index (χ1v) is 10.5. The van der Waals surface area contributed by atoms with E-state index in [0.29, 0.717) is 18.2 Å². The summed E-state index contributed by atoms with van der Waals surface area (Å²) in [5, 5.41) is 4.45. The summed E-state index contributed by atoms with van der Waals surface area (Å²) in [4.78, 5) is 35.8. The van der Waals surface area contributed by atoms with E-state index >= 15 is 0 Å². The monoisotopic (exact) mass is 397 g/mol. The van der Waals surface area contributed by atoms with Crippen molar-refractivity contribution in [3.05, 3.63) is 53.2 Å². The summed E-state index contributed by atoms with van der Waals surface area (Å²) in [5.74, 6) is -0.000299. The second-order valence-corrected chi connectivity index (χ2v) is 8.31. The Morgan fingerprint density at radius 2 is 1.89 bits per heavy atom. The van der Waals surface area contributed by atoms with E-state index in [1.807, 2.05) is 30.3 Å². The van der Waals surface area contributed by atoms with Gasteiger partial charge in [0.15, 0.2) is 5.16 Å². The standard InChI is InChI=1S/C20H23N5O2S/c26-18(10-13-25-17-5-2-1-4-16(17)24-20(25)27)23-14-6-8-15(9-7-14)28-19-21-11-3-12-22-19/h1-5,11-12,14-15H,6-10,13H2,(H,23,26)(H,24,27). The number of thioether (sulfide) groups is 1. The number of rotatable bonds is 6. The molecule has 3 aromatic rings. The van der Waals surface area contributed by atoms with Crippen molar-refractivity contribution in [1.29, 1.82) is 0 Å². The largest absolute Gasteiger partial charge is 0.353 e. The maximum atomic E-state index is 12.4. The molecule has 1 fully saturated rings. The van der Waals surface area contributed by atoms with E-state index < -0.39 is 0 Å². The molecular formula is C20H23N5O2S. The van der Waals surface area contributed by atoms with Crippen LogP contribution in [0.2, 0.25) is 0 Å². The molecule has 146 valence electrons. The topological polar surface area (TPSA) is 92.7 Å². The first kappa shape index (κ1) is 18.7. The molecule has 1 aliphatic rings. The third-order valence-corrected chi connectivity index (χ3v) is 6.32. The Morgan fingerprint density at radius 3 is 2.68 bits per heavy atom. The molecule has 0 unspecified atom stereocenters. The minimum Gasteiger partial charge on any atom is -0.353 e. The smallest absolute Gasteiger partial charge is 0.326 e. The zero-order chi connectivity index (χ0) is 19.3. The van der Waals surface area contributed by atoms with Crippen molar-refractivity contribution in [3.8, 4) is 0 Å². The Morgan fingerprint density at radius 1 is 1.14 bits per heavy atom. The van der Waals surface area contributed by atoms with Crippen molar-refractivity contribution in [1.82, 2.24) is 24.8 Å². The normalized spacial score (nSPS) is 19.6. The molecule has 0 atom stereocenters. The van der Waals surface area contributed by atoms with Gasteiger partial charge in [0.2, 0.25) is 5.91 Å². The van der Waals surface area contributed by atoms with Gasteiger partial charge in [0.25, 0.3) is 0 Å². The number of benzene rings is 1. The van der Waals surface area contributed by atoms with Crippen molar-refractivity contribution in [2.75, 3.05) is 0 Å². The zero-order valence-electron chi connectivity index (χ0n) is 15.5. The highest BCUT2D eigenvalue weighted by molar-refractivity contribution is 7.99. The van der Waals surface area contributed by atoms with Gasteiger partial charge in [0.05, 0.1) is 11.0 Å². The third kappa shape index (κ3) is 4.44. The molecule has 28 heavy (non-hydrogen) atoms. The van der Waals surface area contributed by atoms with Crippen LogP contribution in [0.4, 0.5) is 0 Å². The quantitative estimate of drug-likeness (QED) is 0.624. The van der Waals surface area contributed by atoms with Gasteiger partial charge in [-0.05, 0) is 43.9 Å². The number of carbonyl (C=O) groups is 1. The maximum Gasteiger partial charge on any atom is 0.326 e. The average molecular weight is 398 g/mol. The van der Waals surface area contributed by atoms with Crippen LogP contribution in [-0.4, -0.2) is 36.7 Å². The molecule has 0 radical (unpaired) electrons. The van der Waals surface area contributed by atoms with Gasteiger partial charge < -0.3 is 10.3 Å². The van der Waals surface area contributed by atoms with Gasteiger partial charge in [-0.25, -0.2) is 14.8 Å². The first-order valence-electron chi connectivity index (χ1n) is 9.59. The number of aromatic amines is 1. The van der Waals surface area contributed by atoms with E-state index in [2.05, 4.69) is 20.3 Å². The van der Waals surface area contributed by atoms with Crippen molar-refractivity contribution in [2.45, 2.75) is 55.1 Å². The molecule has 1 aromatic carbocycles. The number of carbonyl (C=O) groups excluding carboxylic acids is 1. The Labute approximate surface area is 167 Å². The number of nitrogens with zero attached hydrogens (tertiary/aromatic N) is 3. The van der Waals surface area contributed by atoms with Gasteiger partial charge >= 0.3 is 5.69 Å². The summed E-state index contributed by atoms with van der Waals surface area (Å²) in [6, 6.07) is 9.56. The molecule has 8 heteroatoms. The average Bonchev–Trinajstić information content (AvgIpc) is 3.04. The molecule has 0 spiro atoms. The number of H-pyrrole nitrogens is 1. The van der Waals surface area contributed by atoms with Crippen LogP contribution in [0.3, 0.4) is 0 Å². The van der Waals surface area contributed by atoms with Crippen LogP contribution in [0, 0.1) is 0 Å². The van der Waals surface area contributed by atoms with E-state index in [4.69, 9.17) is 0 Å². The summed E-state index contributed by atoms with van der Waals surface area (Å²) >= 11 is 1.72. The Hall–Kier alpha value is -2.61. The van der Waals surface area contributed by atoms with Crippen LogP contribution < -0.4 is 11.0 Å². The van der Waals surface area contributed by atoms with Gasteiger partial charge in [-0.2, -0.15) is 0 Å². The molecule has 0 saturated heterocycles. The number of nitrogens with one attached hydrogen (secondary N) is 2. The summed E-state index contributed by atoms with van der Waals surface area (Å²) in [6.07, 6.45) is 7.83. The molecule has 2 heterocycles. The van der Waals surface area contributed by atoms with Gasteiger partial charge in [-0.1, -0.05) is 23.9 Å². The maximum absolute atomic E-state index is 12.4. The predicted octanol–water partition coefficient (Wildman–Crippen LogP) is 2.73. The zero-order valence-corrected chi connectivity index (χ0v) is 16.3. The number of hydrogen-bond donors (Lipinski definition) is 2. The van der Waals surface area contributed by atoms with E-state index in [0.717, 1.165) is 41.9 Å². The number of aromatic nitrogens is 4. The van der Waals surface area contributed by atoms with E-state index in [9.17, 15) is 9.59 Å². The Kier molecular flexibility index (Phi) is 5.76. The number of para-hydroxylation sites is 2. The van der Waals surface area contributed by atoms with Crippen LogP contribution in [0.5, 0.6) is 0 Å². The molecule has 2 N–H and O–H groups in total. The molecule has 1 amide bonds. The first-order chi connectivity index (χ1) is 13.7. The lowest BCUT2D eigenvalue weighted by Gasteiger charge is -2.28. The third-order valence-electron chi connectivity index (χ3n) is 5.10. The van der Waals surface area contributed by atoms with Gasteiger partial charge in [-0.3, -0.25) is 9.36 Å². The summed E-state index contributed by atoms with van der Waals surface area (Å²) in [7, 11) is 0. The fourth-order valence-electron chi connectivity index (χ4n) is 3.66. The highest BCUT2D eigenvalue weighted by atomic mass is 32.2. The number of imidazole rings is 1. The van der Waals surface area contributed by atoms with Gasteiger partial charge in [0.1, 0.15) is 0 Å². The van der Waals surface area contributed by atoms with Crippen LogP contribution >= 0.6 is 11.8 Å². The van der Waals surface area contributed by atoms with Gasteiger partial charge in [-0.15, -0.1) is 0 Å². The number of hydrogen-bond acceptors (Lipinski definition) is 5. The van der Waals surface area contributed by atoms with Crippen molar-refractivity contribution < 1.29 is 4.79 Å². The fraction of sp³-hybridized carbons (Fsp3) is 0.400. The minimum atomic E-state index is -0.172. The van der Waals surface area contributed by atoms with E-state index in [1.165, 1.54) is 0 Å². The van der Waals surface area contributed by atoms with Crippen LogP contribution in [-0.2, 0) is 11.3 Å². The van der Waals surface area contributed by atoms with Crippen molar-refractivity contribution in [2.24, 2.45) is 0 Å². The van der Waals surface area contributed by atoms with Crippen LogP contribution in [0.25, 0.3) is 11.0 Å². The number of fused-ring (bicyclic) bond motifs is 1. The van der Waals surface area contributed by atoms with E-state index in [1.54, 1.807) is 28.7 Å². The Balaban J connectivity index is 1.25. The minimum absolute atomic E-state index is 0.000299. The lowest BCUT2D eigenvalue weighted by Crippen LogP contribution is -2.38. The number of amides is 1. The summed E-state index contributed by atoms with van der Waals surface area (Å²) < 4.78 is 1.63. The van der Waals surface area contributed by atoms with Crippen LogP contribution in [0.1, 0.15) is 32.1 Å². The predicted molar refractivity (Wildman–Crippen MR) is 109 cm³/mol. The highest BCUT2D eigenvalue weighted by Crippen LogP contribution is 2.31. The van der Waals surface area contributed by atoms with Gasteiger partial charge in [0, 0.05) is 36.7 Å². The Bertz CT molecular complexity index is 993. The summed E-state index contributed by atoms with van der Waals surface area (Å²) in [6.45, 7) is 0.380. The second kappa shape index (κ2) is 8.60. The van der Waals surface area contributed by atoms with E-state index in [-0.39, 0.29) is 17.6 Å². The molecule has 7 nitrogen and oxygen atoms in total. The molecule has 2 aromatic heterocycles. The SMILES string of the molecule is O=C(CCn1c(=O)[nH]c2ccccc21)NC1CCC(Sc2ncccn2)CC1. The molecule has 1 saturated carbocycles. The lowest BCUT2D eigenvalue weighted by molar-refractivity contribution is -0.122. The van der Waals surface area contributed by atoms with Crippen molar-refractivity contribution in [3.63, 3.8) is 0 Å². The van der Waals surface area contributed by atoms with Crippen LogP contribution in [0.15, 0.2) is 52.7 Å². The summed E-state index contributed by atoms with van der Waals surface area (Å²) in [5.41, 5.74) is 1.46. The van der Waals surface area contributed by atoms with Crippen molar-refractivity contribution >= 4 is 28.7 Å². The molecular weight excluding hydrogens is 374 g/mol. The molecule has 0 aliphatic heterocycles. The molecule has 0 bridgehead atoms.